The number of hydrogen-bond acceptors (Lipinski definition) is 4. The summed E-state index contributed by atoms with van der Waals surface area (Å²) in [6.07, 6.45) is 2.68. The lowest BCUT2D eigenvalue weighted by Crippen LogP contribution is -2.39. The van der Waals surface area contributed by atoms with Crippen LogP contribution in [-0.2, 0) is 11.2 Å². The smallest absolute Gasteiger partial charge is 0.227 e. The molecule has 0 spiro atoms. The molecule has 1 heterocycles. The van der Waals surface area contributed by atoms with Crippen molar-refractivity contribution in [2.75, 3.05) is 32.4 Å². The zero-order valence-corrected chi connectivity index (χ0v) is 15.3. The number of hydrogen-bond donors (Lipinski definition) is 2. The van der Waals surface area contributed by atoms with E-state index in [1.54, 1.807) is 12.1 Å². The van der Waals surface area contributed by atoms with Crippen LogP contribution in [0.15, 0.2) is 48.5 Å². The second kappa shape index (κ2) is 8.23. The Hall–Kier alpha value is -2.53. The minimum atomic E-state index is 0.0140. The monoisotopic (exact) mass is 353 g/mol. The number of rotatable bonds is 6. The van der Waals surface area contributed by atoms with Crippen molar-refractivity contribution in [3.63, 3.8) is 0 Å². The first-order valence-electron chi connectivity index (χ1n) is 9.15. The van der Waals surface area contributed by atoms with E-state index in [4.69, 9.17) is 5.73 Å². The fraction of sp³-hybridized carbons (Fsp3) is 0.381. The Balaban J connectivity index is 1.77. The summed E-state index contributed by atoms with van der Waals surface area (Å²) in [5.41, 5.74) is 8.29. The Labute approximate surface area is 155 Å². The van der Waals surface area contributed by atoms with Gasteiger partial charge < -0.3 is 20.6 Å². The van der Waals surface area contributed by atoms with Crippen LogP contribution in [0, 0.1) is 0 Å². The van der Waals surface area contributed by atoms with Crippen molar-refractivity contribution in [1.82, 2.24) is 9.80 Å². The standard InChI is InChI=1S/C21H27N3O2/c1-23(21(26)13-17-9-10-18(25)14-19(17)22)20(15-24-11-5-6-12-24)16-7-3-2-4-8-16/h2-4,7-10,14,20,25H,5-6,11-13,15,22H2,1H3/t20-/m1/s1. The second-order valence-electron chi connectivity index (χ2n) is 7.00. The quantitative estimate of drug-likeness (QED) is 0.784. The number of phenolic OH excluding ortho intramolecular Hbond substituents is 1. The molecule has 0 saturated carbocycles. The van der Waals surface area contributed by atoms with E-state index in [2.05, 4.69) is 17.0 Å². The largest absolute Gasteiger partial charge is 0.508 e. The van der Waals surface area contributed by atoms with E-state index < -0.39 is 0 Å². The molecule has 2 aromatic carbocycles. The normalized spacial score (nSPS) is 15.7. The molecule has 2 aromatic rings. The van der Waals surface area contributed by atoms with Crippen LogP contribution < -0.4 is 5.73 Å². The summed E-state index contributed by atoms with van der Waals surface area (Å²) in [5, 5.41) is 9.50. The first kappa shape index (κ1) is 18.3. The van der Waals surface area contributed by atoms with Gasteiger partial charge in [0.1, 0.15) is 5.75 Å². The number of carbonyl (C=O) groups excluding carboxylic acids is 1. The van der Waals surface area contributed by atoms with Crippen molar-refractivity contribution >= 4 is 11.6 Å². The van der Waals surface area contributed by atoms with Crippen LogP contribution in [0.3, 0.4) is 0 Å². The summed E-state index contributed by atoms with van der Waals surface area (Å²) in [4.78, 5) is 17.2. The molecule has 1 amide bonds. The fourth-order valence-electron chi connectivity index (χ4n) is 3.54. The number of anilines is 1. The minimum absolute atomic E-state index is 0.0140. The lowest BCUT2D eigenvalue weighted by atomic mass is 10.0. The van der Waals surface area contributed by atoms with Crippen LogP contribution in [0.25, 0.3) is 0 Å². The number of amides is 1. The van der Waals surface area contributed by atoms with Crippen molar-refractivity contribution < 1.29 is 9.90 Å². The molecule has 1 atom stereocenters. The zero-order chi connectivity index (χ0) is 18.5. The Kier molecular flexibility index (Phi) is 5.78. The summed E-state index contributed by atoms with van der Waals surface area (Å²) < 4.78 is 0. The highest BCUT2D eigenvalue weighted by atomic mass is 16.3. The Morgan fingerprint density at radius 1 is 1.19 bits per heavy atom. The predicted octanol–water partition coefficient (Wildman–Crippen LogP) is 2.81. The van der Waals surface area contributed by atoms with Gasteiger partial charge in [0, 0.05) is 25.3 Å². The van der Waals surface area contributed by atoms with Crippen molar-refractivity contribution in [3.05, 3.63) is 59.7 Å². The number of nitrogens with zero attached hydrogens (tertiary/aromatic N) is 2. The number of aromatic hydroxyl groups is 1. The Bertz CT molecular complexity index is 742. The summed E-state index contributed by atoms with van der Waals surface area (Å²) in [5.74, 6) is 0.138. The molecule has 1 aliphatic rings. The molecule has 26 heavy (non-hydrogen) atoms. The fourth-order valence-corrected chi connectivity index (χ4v) is 3.54. The number of carbonyl (C=O) groups is 1. The third kappa shape index (κ3) is 4.35. The third-order valence-corrected chi connectivity index (χ3v) is 5.15. The van der Waals surface area contributed by atoms with Gasteiger partial charge in [0.05, 0.1) is 12.5 Å². The average molecular weight is 353 g/mol. The van der Waals surface area contributed by atoms with Crippen LogP contribution in [0.4, 0.5) is 5.69 Å². The minimum Gasteiger partial charge on any atom is -0.508 e. The van der Waals surface area contributed by atoms with E-state index in [-0.39, 0.29) is 24.1 Å². The van der Waals surface area contributed by atoms with Crippen molar-refractivity contribution in [3.8, 4) is 5.75 Å². The van der Waals surface area contributed by atoms with Crippen molar-refractivity contribution in [2.45, 2.75) is 25.3 Å². The molecular weight excluding hydrogens is 326 g/mol. The van der Waals surface area contributed by atoms with Crippen LogP contribution in [-0.4, -0.2) is 47.5 Å². The molecule has 3 rings (SSSR count). The number of nitrogen functional groups attached to an aromatic ring is 1. The molecule has 5 nitrogen and oxygen atoms in total. The van der Waals surface area contributed by atoms with Crippen molar-refractivity contribution in [2.24, 2.45) is 0 Å². The highest BCUT2D eigenvalue weighted by Crippen LogP contribution is 2.25. The highest BCUT2D eigenvalue weighted by molar-refractivity contribution is 5.80. The maximum absolute atomic E-state index is 12.9. The number of likely N-dealkylation sites (tertiary alicyclic amines) is 1. The van der Waals surface area contributed by atoms with Gasteiger partial charge in [-0.05, 0) is 43.1 Å². The topological polar surface area (TPSA) is 69.8 Å². The van der Waals surface area contributed by atoms with E-state index in [1.165, 1.54) is 18.9 Å². The van der Waals surface area contributed by atoms with Gasteiger partial charge in [0.15, 0.2) is 0 Å². The summed E-state index contributed by atoms with van der Waals surface area (Å²) in [6, 6.07) is 15.0. The number of benzene rings is 2. The van der Waals surface area contributed by atoms with Crippen molar-refractivity contribution in [1.29, 1.82) is 0 Å². The zero-order valence-electron chi connectivity index (χ0n) is 15.3. The van der Waals surface area contributed by atoms with E-state index in [1.807, 2.05) is 30.1 Å². The molecule has 0 bridgehead atoms. The molecule has 5 heteroatoms. The summed E-state index contributed by atoms with van der Waals surface area (Å²) >= 11 is 0. The molecule has 3 N–H and O–H groups in total. The first-order valence-corrected chi connectivity index (χ1v) is 9.15. The maximum atomic E-state index is 12.9. The lowest BCUT2D eigenvalue weighted by Gasteiger charge is -2.32. The van der Waals surface area contributed by atoms with Crippen LogP contribution in [0.1, 0.15) is 30.0 Å². The molecule has 1 aliphatic heterocycles. The van der Waals surface area contributed by atoms with Gasteiger partial charge in [-0.15, -0.1) is 0 Å². The van der Waals surface area contributed by atoms with E-state index in [9.17, 15) is 9.90 Å². The number of likely N-dealkylation sites (N-methyl/N-ethyl adjacent to an activating group) is 1. The van der Waals surface area contributed by atoms with Gasteiger partial charge in [0.25, 0.3) is 0 Å². The molecule has 0 radical (unpaired) electrons. The molecule has 0 unspecified atom stereocenters. The van der Waals surface area contributed by atoms with Gasteiger partial charge in [-0.2, -0.15) is 0 Å². The van der Waals surface area contributed by atoms with Gasteiger partial charge in [0.2, 0.25) is 5.91 Å². The molecule has 1 saturated heterocycles. The van der Waals surface area contributed by atoms with Gasteiger partial charge >= 0.3 is 0 Å². The van der Waals surface area contributed by atoms with E-state index in [0.29, 0.717) is 5.69 Å². The molecule has 1 fully saturated rings. The number of phenols is 1. The average Bonchev–Trinajstić information content (AvgIpc) is 3.15. The van der Waals surface area contributed by atoms with Gasteiger partial charge in [-0.25, -0.2) is 0 Å². The van der Waals surface area contributed by atoms with E-state index >= 15 is 0 Å². The second-order valence-corrected chi connectivity index (χ2v) is 7.00. The van der Waals surface area contributed by atoms with Crippen LogP contribution in [0.5, 0.6) is 5.75 Å². The first-order chi connectivity index (χ1) is 12.5. The summed E-state index contributed by atoms with van der Waals surface area (Å²) in [6.45, 7) is 3.03. The molecule has 0 aliphatic carbocycles. The summed E-state index contributed by atoms with van der Waals surface area (Å²) in [7, 11) is 1.87. The van der Waals surface area contributed by atoms with Gasteiger partial charge in [-0.3, -0.25) is 4.79 Å². The predicted molar refractivity (Wildman–Crippen MR) is 104 cm³/mol. The maximum Gasteiger partial charge on any atom is 0.227 e. The Morgan fingerprint density at radius 2 is 1.88 bits per heavy atom. The van der Waals surface area contributed by atoms with Crippen LogP contribution in [0.2, 0.25) is 0 Å². The SMILES string of the molecule is CN(C(=O)Cc1ccc(O)cc1N)[C@H](CN1CCCC1)c1ccccc1. The molecule has 138 valence electrons. The van der Waals surface area contributed by atoms with Crippen LogP contribution >= 0.6 is 0 Å². The molecular formula is C21H27N3O2. The third-order valence-electron chi connectivity index (χ3n) is 5.15. The molecule has 0 aromatic heterocycles. The highest BCUT2D eigenvalue weighted by Gasteiger charge is 2.25. The number of nitrogens with two attached hydrogens (primary N) is 1. The Morgan fingerprint density at radius 3 is 2.54 bits per heavy atom. The van der Waals surface area contributed by atoms with E-state index in [0.717, 1.165) is 30.8 Å². The lowest BCUT2D eigenvalue weighted by molar-refractivity contribution is -0.131. The van der Waals surface area contributed by atoms with Gasteiger partial charge in [-0.1, -0.05) is 36.4 Å².